The first kappa shape index (κ1) is 18.5. The standard InChI is InChI=1S/C20H18Cl2N2O2/c1-3-10-24-19(25)17(13-4-6-14(21)7-5-13)18(20(24)26)23-16-9-8-15(22)11-12(16)2/h4-9,11,23H,3,10H2,1-2H3. The Labute approximate surface area is 162 Å². The largest absolute Gasteiger partial charge is 0.350 e. The van der Waals surface area contributed by atoms with E-state index in [0.29, 0.717) is 34.1 Å². The summed E-state index contributed by atoms with van der Waals surface area (Å²) in [6, 6.07) is 12.2. The molecule has 1 aliphatic rings. The molecule has 1 aliphatic heterocycles. The average Bonchev–Trinajstić information content (AvgIpc) is 2.83. The van der Waals surface area contributed by atoms with Gasteiger partial charge in [-0.25, -0.2) is 0 Å². The first-order chi connectivity index (χ1) is 12.4. The Morgan fingerprint density at radius 3 is 2.23 bits per heavy atom. The predicted molar refractivity (Wildman–Crippen MR) is 105 cm³/mol. The highest BCUT2D eigenvalue weighted by Gasteiger charge is 2.38. The van der Waals surface area contributed by atoms with E-state index in [1.807, 2.05) is 13.8 Å². The van der Waals surface area contributed by atoms with E-state index in [2.05, 4.69) is 5.32 Å². The van der Waals surface area contributed by atoms with Gasteiger partial charge < -0.3 is 5.32 Å². The van der Waals surface area contributed by atoms with E-state index in [1.54, 1.807) is 42.5 Å². The van der Waals surface area contributed by atoms with Gasteiger partial charge in [0.1, 0.15) is 5.70 Å². The number of rotatable bonds is 5. The van der Waals surface area contributed by atoms with Crippen LogP contribution < -0.4 is 5.32 Å². The van der Waals surface area contributed by atoms with Crippen molar-refractivity contribution < 1.29 is 9.59 Å². The first-order valence-electron chi connectivity index (χ1n) is 8.32. The second-order valence-electron chi connectivity index (χ2n) is 6.10. The maximum absolute atomic E-state index is 12.9. The van der Waals surface area contributed by atoms with Gasteiger partial charge in [-0.1, -0.05) is 42.3 Å². The lowest BCUT2D eigenvalue weighted by Gasteiger charge is -2.14. The fourth-order valence-corrected chi connectivity index (χ4v) is 3.26. The smallest absolute Gasteiger partial charge is 0.278 e. The highest BCUT2D eigenvalue weighted by atomic mass is 35.5. The number of hydrogen-bond donors (Lipinski definition) is 1. The Morgan fingerprint density at radius 1 is 0.962 bits per heavy atom. The number of anilines is 1. The number of amides is 2. The molecular weight excluding hydrogens is 371 g/mol. The van der Waals surface area contributed by atoms with Crippen LogP contribution in [0.25, 0.3) is 5.57 Å². The van der Waals surface area contributed by atoms with Crippen molar-refractivity contribution in [2.45, 2.75) is 20.3 Å². The molecule has 2 aromatic rings. The zero-order valence-electron chi connectivity index (χ0n) is 14.5. The SMILES string of the molecule is CCCN1C(=O)C(Nc2ccc(Cl)cc2C)=C(c2ccc(Cl)cc2)C1=O. The minimum atomic E-state index is -0.323. The lowest BCUT2D eigenvalue weighted by Crippen LogP contribution is -2.33. The third kappa shape index (κ3) is 3.48. The minimum absolute atomic E-state index is 0.274. The monoisotopic (exact) mass is 388 g/mol. The van der Waals surface area contributed by atoms with Gasteiger partial charge in [0, 0.05) is 22.3 Å². The first-order valence-corrected chi connectivity index (χ1v) is 9.07. The third-order valence-electron chi connectivity index (χ3n) is 4.20. The molecule has 2 aromatic carbocycles. The van der Waals surface area contributed by atoms with E-state index in [1.165, 1.54) is 4.90 Å². The molecule has 0 radical (unpaired) electrons. The van der Waals surface area contributed by atoms with Gasteiger partial charge in [0.05, 0.1) is 5.57 Å². The number of benzene rings is 2. The zero-order valence-corrected chi connectivity index (χ0v) is 16.0. The van der Waals surface area contributed by atoms with Crippen molar-refractivity contribution in [1.29, 1.82) is 0 Å². The van der Waals surface area contributed by atoms with Crippen LogP contribution in [0, 0.1) is 6.92 Å². The molecule has 0 saturated heterocycles. The van der Waals surface area contributed by atoms with Crippen molar-refractivity contribution in [2.24, 2.45) is 0 Å². The summed E-state index contributed by atoms with van der Waals surface area (Å²) < 4.78 is 0. The van der Waals surface area contributed by atoms with Crippen LogP contribution >= 0.6 is 23.2 Å². The fourth-order valence-electron chi connectivity index (χ4n) is 2.91. The van der Waals surface area contributed by atoms with E-state index in [0.717, 1.165) is 11.3 Å². The maximum Gasteiger partial charge on any atom is 0.278 e. The fraction of sp³-hybridized carbons (Fsp3) is 0.200. The number of nitrogens with one attached hydrogen (secondary N) is 1. The van der Waals surface area contributed by atoms with Gasteiger partial charge in [-0.15, -0.1) is 0 Å². The molecular formula is C20H18Cl2N2O2. The Kier molecular flexibility index (Phi) is 5.35. The van der Waals surface area contributed by atoms with Crippen molar-refractivity contribution in [3.05, 3.63) is 69.3 Å². The number of aryl methyl sites for hydroxylation is 1. The van der Waals surface area contributed by atoms with E-state index >= 15 is 0 Å². The Balaban J connectivity index is 2.09. The van der Waals surface area contributed by atoms with Gasteiger partial charge in [-0.05, 0) is 54.8 Å². The molecule has 3 rings (SSSR count). The summed E-state index contributed by atoms with van der Waals surface area (Å²) >= 11 is 12.0. The van der Waals surface area contributed by atoms with Crippen LogP contribution in [0.2, 0.25) is 10.0 Å². The van der Waals surface area contributed by atoms with Gasteiger partial charge >= 0.3 is 0 Å². The molecule has 0 atom stereocenters. The van der Waals surface area contributed by atoms with E-state index in [9.17, 15) is 9.59 Å². The van der Waals surface area contributed by atoms with Crippen molar-refractivity contribution in [3.8, 4) is 0 Å². The summed E-state index contributed by atoms with van der Waals surface area (Å²) in [6.45, 7) is 4.19. The predicted octanol–water partition coefficient (Wildman–Crippen LogP) is 4.90. The summed E-state index contributed by atoms with van der Waals surface area (Å²) in [4.78, 5) is 27.0. The summed E-state index contributed by atoms with van der Waals surface area (Å²) in [7, 11) is 0. The molecule has 0 aliphatic carbocycles. The maximum atomic E-state index is 12.9. The highest BCUT2D eigenvalue weighted by molar-refractivity contribution is 6.37. The second kappa shape index (κ2) is 7.52. The summed E-state index contributed by atoms with van der Waals surface area (Å²) in [5.74, 6) is -0.621. The highest BCUT2D eigenvalue weighted by Crippen LogP contribution is 2.32. The van der Waals surface area contributed by atoms with Crippen molar-refractivity contribution >= 4 is 46.3 Å². The van der Waals surface area contributed by atoms with Gasteiger partial charge in [0.25, 0.3) is 11.8 Å². The zero-order chi connectivity index (χ0) is 18.8. The van der Waals surface area contributed by atoms with Crippen LogP contribution in [0.15, 0.2) is 48.2 Å². The molecule has 0 aromatic heterocycles. The lowest BCUT2D eigenvalue weighted by atomic mass is 10.0. The number of hydrogen-bond acceptors (Lipinski definition) is 3. The molecule has 0 fully saturated rings. The molecule has 1 heterocycles. The summed E-state index contributed by atoms with van der Waals surface area (Å²) in [5, 5.41) is 4.33. The number of imide groups is 1. The van der Waals surface area contributed by atoms with Crippen molar-refractivity contribution in [1.82, 2.24) is 4.90 Å². The van der Waals surface area contributed by atoms with Crippen LogP contribution in [0.3, 0.4) is 0 Å². The van der Waals surface area contributed by atoms with Crippen LogP contribution in [0.1, 0.15) is 24.5 Å². The molecule has 134 valence electrons. The van der Waals surface area contributed by atoms with E-state index in [4.69, 9.17) is 23.2 Å². The van der Waals surface area contributed by atoms with Crippen LogP contribution in [-0.4, -0.2) is 23.3 Å². The van der Waals surface area contributed by atoms with Crippen LogP contribution in [-0.2, 0) is 9.59 Å². The second-order valence-corrected chi connectivity index (χ2v) is 6.98. The lowest BCUT2D eigenvalue weighted by molar-refractivity contribution is -0.136. The Hall–Kier alpha value is -2.30. The quantitative estimate of drug-likeness (QED) is 0.740. The molecule has 26 heavy (non-hydrogen) atoms. The Morgan fingerprint density at radius 2 is 1.62 bits per heavy atom. The molecule has 0 unspecified atom stereocenters. The van der Waals surface area contributed by atoms with Crippen molar-refractivity contribution in [2.75, 3.05) is 11.9 Å². The van der Waals surface area contributed by atoms with Crippen LogP contribution in [0.5, 0.6) is 0 Å². The van der Waals surface area contributed by atoms with Gasteiger partial charge in [-0.2, -0.15) is 0 Å². The molecule has 4 nitrogen and oxygen atoms in total. The molecule has 1 N–H and O–H groups in total. The van der Waals surface area contributed by atoms with Gasteiger partial charge in [-0.3, -0.25) is 14.5 Å². The number of nitrogens with zero attached hydrogens (tertiary/aromatic N) is 1. The number of carbonyl (C=O) groups is 2. The number of carbonyl (C=O) groups excluding carboxylic acids is 2. The van der Waals surface area contributed by atoms with Gasteiger partial charge in [0.15, 0.2) is 0 Å². The van der Waals surface area contributed by atoms with E-state index < -0.39 is 0 Å². The molecule has 0 bridgehead atoms. The normalized spacial score (nSPS) is 14.4. The van der Waals surface area contributed by atoms with Gasteiger partial charge in [0.2, 0.25) is 0 Å². The molecule has 0 saturated carbocycles. The van der Waals surface area contributed by atoms with E-state index in [-0.39, 0.29) is 17.5 Å². The Bertz CT molecular complexity index is 905. The topological polar surface area (TPSA) is 49.4 Å². The molecule has 2 amide bonds. The number of halogens is 2. The molecule has 0 spiro atoms. The summed E-state index contributed by atoms with van der Waals surface area (Å²) in [5.41, 5.74) is 2.90. The third-order valence-corrected chi connectivity index (χ3v) is 4.68. The minimum Gasteiger partial charge on any atom is -0.350 e. The average molecular weight is 389 g/mol. The molecule has 6 heteroatoms. The summed E-state index contributed by atoms with van der Waals surface area (Å²) in [6.07, 6.45) is 0.693. The van der Waals surface area contributed by atoms with Crippen molar-refractivity contribution in [3.63, 3.8) is 0 Å². The van der Waals surface area contributed by atoms with Crippen LogP contribution in [0.4, 0.5) is 5.69 Å².